The molecule has 0 unspecified atom stereocenters. The van der Waals surface area contributed by atoms with E-state index in [1.54, 1.807) is 0 Å². The van der Waals surface area contributed by atoms with Gasteiger partial charge in [0.2, 0.25) is 0 Å². The minimum absolute atomic E-state index is 0.806. The van der Waals surface area contributed by atoms with E-state index in [1.807, 2.05) is 0 Å². The largest absolute Gasteiger partial charge is 0.238 e. The molecule has 50 valence electrons. The molecule has 1 N–H and O–H groups in total. The lowest BCUT2D eigenvalue weighted by Gasteiger charge is -2.24. The van der Waals surface area contributed by atoms with Crippen LogP contribution in [0.3, 0.4) is 0 Å². The van der Waals surface area contributed by atoms with Crippen LogP contribution >= 0.6 is 0 Å². The molecule has 2 heteroatoms. The van der Waals surface area contributed by atoms with Crippen molar-refractivity contribution in [2.45, 2.75) is 6.42 Å². The summed E-state index contributed by atoms with van der Waals surface area (Å²) >= 11 is 0. The predicted octanol–water partition coefficient (Wildman–Crippen LogP) is -0.0255. The van der Waals surface area contributed by atoms with Gasteiger partial charge in [-0.3, -0.25) is 0 Å². The van der Waals surface area contributed by atoms with Crippen LogP contribution in [0.5, 0.6) is 0 Å². The second-order valence-electron chi connectivity index (χ2n) is 2.74. The highest BCUT2D eigenvalue weighted by Gasteiger charge is 2.24. The minimum atomic E-state index is 0.806. The highest BCUT2D eigenvalue weighted by atomic mass is 15.7. The van der Waals surface area contributed by atoms with Crippen LogP contribution < -0.4 is 5.43 Å². The molecule has 0 aromatic heterocycles. The van der Waals surface area contributed by atoms with Gasteiger partial charge in [-0.2, -0.15) is 5.43 Å². The minimum Gasteiger partial charge on any atom is -0.238 e. The number of nitrogens with zero attached hydrogens (tertiary/aromatic N) is 1. The van der Waals surface area contributed by atoms with Crippen LogP contribution in [0, 0.1) is 12.3 Å². The van der Waals surface area contributed by atoms with E-state index in [4.69, 9.17) is 6.42 Å². The Morgan fingerprint density at radius 1 is 1.78 bits per heavy atom. The van der Waals surface area contributed by atoms with Crippen molar-refractivity contribution in [1.82, 2.24) is 5.43 Å². The Balaban J connectivity index is 2.43. The van der Waals surface area contributed by atoms with Crippen molar-refractivity contribution in [3.8, 4) is 12.3 Å². The van der Waals surface area contributed by atoms with Gasteiger partial charge in [-0.1, -0.05) is 0 Å². The first-order valence-electron chi connectivity index (χ1n) is 3.30. The monoisotopic (exact) mass is 125 g/mol. The Hall–Kier alpha value is -0.520. The third-order valence-electron chi connectivity index (χ3n) is 1.76. The molecule has 0 saturated carbocycles. The topological polar surface area (TPSA) is 12.0 Å². The average molecular weight is 125 g/mol. The molecular weight excluding hydrogens is 112 g/mol. The van der Waals surface area contributed by atoms with E-state index in [2.05, 4.69) is 18.4 Å². The summed E-state index contributed by atoms with van der Waals surface area (Å²) in [6.07, 6.45) is 6.44. The maximum atomic E-state index is 5.19. The highest BCUT2D eigenvalue weighted by Crippen LogP contribution is 2.04. The van der Waals surface area contributed by atoms with E-state index in [9.17, 15) is 0 Å². The summed E-state index contributed by atoms with van der Waals surface area (Å²) in [7, 11) is 2.13. The second kappa shape index (κ2) is 2.38. The predicted molar refractivity (Wildman–Crippen MR) is 37.4 cm³/mol. The van der Waals surface area contributed by atoms with Crippen LogP contribution in [-0.2, 0) is 0 Å². The molecule has 2 nitrogen and oxygen atoms in total. The van der Waals surface area contributed by atoms with E-state index in [0.717, 1.165) is 17.7 Å². The summed E-state index contributed by atoms with van der Waals surface area (Å²) < 4.78 is 0.858. The Bertz CT molecular complexity index is 128. The number of nitrogens with one attached hydrogen (secondary N) is 1. The van der Waals surface area contributed by atoms with E-state index < -0.39 is 0 Å². The highest BCUT2D eigenvalue weighted by molar-refractivity contribution is 4.83. The van der Waals surface area contributed by atoms with E-state index in [-0.39, 0.29) is 0 Å². The van der Waals surface area contributed by atoms with Crippen LogP contribution in [0.15, 0.2) is 0 Å². The number of rotatable bonds is 1. The van der Waals surface area contributed by atoms with Gasteiger partial charge in [0.05, 0.1) is 13.6 Å². The molecule has 1 saturated heterocycles. The summed E-state index contributed by atoms with van der Waals surface area (Å²) in [4.78, 5) is 0. The molecule has 0 bridgehead atoms. The smallest absolute Gasteiger partial charge is 0.157 e. The SMILES string of the molecule is C#CC[N@+]1(C)CCCN1. The van der Waals surface area contributed by atoms with Crippen molar-refractivity contribution in [2.75, 3.05) is 26.7 Å². The molecule has 1 aliphatic rings. The zero-order valence-electron chi connectivity index (χ0n) is 5.85. The zero-order valence-corrected chi connectivity index (χ0v) is 5.85. The Labute approximate surface area is 56.4 Å². The van der Waals surface area contributed by atoms with Crippen LogP contribution in [0.2, 0.25) is 0 Å². The van der Waals surface area contributed by atoms with Crippen molar-refractivity contribution < 1.29 is 4.59 Å². The fourth-order valence-corrected chi connectivity index (χ4v) is 1.19. The first-order valence-corrected chi connectivity index (χ1v) is 3.30. The lowest BCUT2D eigenvalue weighted by atomic mass is 10.4. The molecule has 0 spiro atoms. The van der Waals surface area contributed by atoms with Crippen molar-refractivity contribution in [2.24, 2.45) is 0 Å². The summed E-state index contributed by atoms with van der Waals surface area (Å²) in [5, 5.41) is 0. The molecule has 1 fully saturated rings. The molecule has 1 atom stereocenters. The van der Waals surface area contributed by atoms with E-state index in [0.29, 0.717) is 0 Å². The lowest BCUT2D eigenvalue weighted by molar-refractivity contribution is -0.932. The zero-order chi connectivity index (χ0) is 6.74. The van der Waals surface area contributed by atoms with Gasteiger partial charge in [-0.25, -0.2) is 4.59 Å². The van der Waals surface area contributed by atoms with E-state index >= 15 is 0 Å². The molecule has 1 rings (SSSR count). The number of hydrogen-bond donors (Lipinski definition) is 1. The summed E-state index contributed by atoms with van der Waals surface area (Å²) in [5.74, 6) is 2.66. The summed E-state index contributed by atoms with van der Waals surface area (Å²) in [6.45, 7) is 3.09. The van der Waals surface area contributed by atoms with Gasteiger partial charge in [-0.05, 0) is 5.92 Å². The third-order valence-corrected chi connectivity index (χ3v) is 1.76. The molecule has 0 aromatic rings. The van der Waals surface area contributed by atoms with Gasteiger partial charge in [0.1, 0.15) is 0 Å². The van der Waals surface area contributed by atoms with Gasteiger partial charge < -0.3 is 0 Å². The average Bonchev–Trinajstić information content (AvgIpc) is 2.16. The number of hydrogen-bond acceptors (Lipinski definition) is 1. The molecule has 0 aromatic carbocycles. The van der Waals surface area contributed by atoms with Gasteiger partial charge >= 0.3 is 0 Å². The van der Waals surface area contributed by atoms with Crippen LogP contribution in [0.4, 0.5) is 0 Å². The van der Waals surface area contributed by atoms with Crippen molar-refractivity contribution >= 4 is 0 Å². The quantitative estimate of drug-likeness (QED) is 0.383. The lowest BCUT2D eigenvalue weighted by Crippen LogP contribution is -2.49. The molecule has 9 heavy (non-hydrogen) atoms. The van der Waals surface area contributed by atoms with Crippen LogP contribution in [-0.4, -0.2) is 31.3 Å². The molecule has 0 amide bonds. The third kappa shape index (κ3) is 1.44. The fourth-order valence-electron chi connectivity index (χ4n) is 1.19. The van der Waals surface area contributed by atoms with Crippen molar-refractivity contribution in [3.05, 3.63) is 0 Å². The molecule has 1 heterocycles. The fraction of sp³-hybridized carbons (Fsp3) is 0.714. The van der Waals surface area contributed by atoms with E-state index in [1.165, 1.54) is 13.0 Å². The van der Waals surface area contributed by atoms with Gasteiger partial charge in [0.25, 0.3) is 0 Å². The van der Waals surface area contributed by atoms with Crippen LogP contribution in [0.25, 0.3) is 0 Å². The number of terminal acetylenes is 1. The van der Waals surface area contributed by atoms with Crippen molar-refractivity contribution in [3.63, 3.8) is 0 Å². The van der Waals surface area contributed by atoms with Crippen LogP contribution in [0.1, 0.15) is 6.42 Å². The molecule has 1 aliphatic heterocycles. The molecule has 0 aliphatic carbocycles. The maximum Gasteiger partial charge on any atom is 0.157 e. The number of quaternary nitrogens is 1. The standard InChI is InChI=1S/C7H13N2/c1-3-6-9(2)7-4-5-8-9/h1,8H,4-7H2,2H3/q+1/t9-/m1/s1. The second-order valence-corrected chi connectivity index (χ2v) is 2.74. The first-order chi connectivity index (χ1) is 4.27. The molecule has 0 radical (unpaired) electrons. The summed E-state index contributed by atoms with van der Waals surface area (Å²) in [5.41, 5.74) is 3.33. The maximum absolute atomic E-state index is 5.19. The normalized spacial score (nSPS) is 34.2. The Morgan fingerprint density at radius 2 is 2.56 bits per heavy atom. The van der Waals surface area contributed by atoms with Gasteiger partial charge in [-0.15, -0.1) is 6.42 Å². The Kier molecular flexibility index (Phi) is 1.75. The molecular formula is C7H13N2+. The van der Waals surface area contributed by atoms with Gasteiger partial charge in [0.15, 0.2) is 6.54 Å². The first kappa shape index (κ1) is 6.60. The Morgan fingerprint density at radius 3 is 3.00 bits per heavy atom. The van der Waals surface area contributed by atoms with Gasteiger partial charge in [0, 0.05) is 13.0 Å². The van der Waals surface area contributed by atoms with Crippen molar-refractivity contribution in [1.29, 1.82) is 0 Å². The summed E-state index contributed by atoms with van der Waals surface area (Å²) in [6, 6.07) is 0.